The van der Waals surface area contributed by atoms with E-state index in [2.05, 4.69) is 30.1 Å². The van der Waals surface area contributed by atoms with Gasteiger partial charge in [0, 0.05) is 19.1 Å². The lowest BCUT2D eigenvalue weighted by Gasteiger charge is -2.40. The monoisotopic (exact) mass is 330 g/mol. The summed E-state index contributed by atoms with van der Waals surface area (Å²) < 4.78 is 6.07. The number of piperidine rings is 1. The van der Waals surface area contributed by atoms with Crippen molar-refractivity contribution in [2.45, 2.75) is 57.6 Å². The van der Waals surface area contributed by atoms with Crippen LogP contribution in [0.2, 0.25) is 0 Å². The molecule has 0 aliphatic carbocycles. The number of hydrogen-bond acceptors (Lipinski definition) is 4. The van der Waals surface area contributed by atoms with Crippen molar-refractivity contribution in [2.75, 3.05) is 32.8 Å². The van der Waals surface area contributed by atoms with Gasteiger partial charge in [0.25, 0.3) is 0 Å². The third kappa shape index (κ3) is 2.65. The molecule has 0 radical (unpaired) electrons. The van der Waals surface area contributed by atoms with Gasteiger partial charge in [-0.1, -0.05) is 6.07 Å². The van der Waals surface area contributed by atoms with Crippen molar-refractivity contribution < 1.29 is 9.84 Å². The summed E-state index contributed by atoms with van der Waals surface area (Å²) in [5.74, 6) is 1.01. The van der Waals surface area contributed by atoms with Crippen LogP contribution in [0.4, 0.5) is 0 Å². The summed E-state index contributed by atoms with van der Waals surface area (Å²) in [6.07, 6.45) is 3.45. The van der Waals surface area contributed by atoms with Gasteiger partial charge in [-0.3, -0.25) is 4.90 Å². The summed E-state index contributed by atoms with van der Waals surface area (Å²) in [5, 5.41) is 13.9. The number of aryl methyl sites for hydroxylation is 1. The Labute approximate surface area is 145 Å². The van der Waals surface area contributed by atoms with Crippen LogP contribution in [0.15, 0.2) is 6.07 Å². The number of likely N-dealkylation sites (tertiary alicyclic amines) is 1. The van der Waals surface area contributed by atoms with Crippen molar-refractivity contribution in [1.29, 1.82) is 0 Å². The Hall–Kier alpha value is -1.10. The molecule has 24 heavy (non-hydrogen) atoms. The van der Waals surface area contributed by atoms with Crippen LogP contribution in [-0.4, -0.2) is 54.4 Å². The van der Waals surface area contributed by atoms with E-state index in [1.807, 2.05) is 6.92 Å². The number of nitrogens with one attached hydrogen (secondary N) is 1. The molecule has 4 nitrogen and oxygen atoms in total. The molecule has 3 aliphatic rings. The van der Waals surface area contributed by atoms with E-state index in [1.165, 1.54) is 17.5 Å². The maximum atomic E-state index is 10.6. The van der Waals surface area contributed by atoms with E-state index < -0.39 is 0 Å². The number of phenols is 1. The van der Waals surface area contributed by atoms with Crippen LogP contribution < -0.4 is 5.32 Å². The average Bonchev–Trinajstić information content (AvgIpc) is 3.02. The van der Waals surface area contributed by atoms with Crippen molar-refractivity contribution in [2.24, 2.45) is 0 Å². The SMILES string of the molecule is Cc1cc(C2CCN([C@@H]3COC4(CNC4)C3)CC2)c(O)c(C)c1C. The summed E-state index contributed by atoms with van der Waals surface area (Å²) >= 11 is 0. The van der Waals surface area contributed by atoms with Gasteiger partial charge in [-0.25, -0.2) is 0 Å². The van der Waals surface area contributed by atoms with E-state index in [-0.39, 0.29) is 5.60 Å². The van der Waals surface area contributed by atoms with Crippen LogP contribution in [0.3, 0.4) is 0 Å². The second kappa shape index (κ2) is 6.01. The zero-order valence-electron chi connectivity index (χ0n) is 15.2. The molecule has 1 spiro atoms. The van der Waals surface area contributed by atoms with Crippen molar-refractivity contribution in [1.82, 2.24) is 10.2 Å². The van der Waals surface area contributed by atoms with E-state index >= 15 is 0 Å². The highest BCUT2D eigenvalue weighted by Crippen LogP contribution is 2.40. The Bertz CT molecular complexity index is 631. The summed E-state index contributed by atoms with van der Waals surface area (Å²) in [6, 6.07) is 2.80. The highest BCUT2D eigenvalue weighted by molar-refractivity contribution is 5.49. The van der Waals surface area contributed by atoms with Crippen molar-refractivity contribution in [3.8, 4) is 5.75 Å². The maximum Gasteiger partial charge on any atom is 0.122 e. The molecule has 4 rings (SSSR count). The minimum atomic E-state index is 0.144. The van der Waals surface area contributed by atoms with Gasteiger partial charge in [0.05, 0.1) is 12.2 Å². The highest BCUT2D eigenvalue weighted by atomic mass is 16.5. The fraction of sp³-hybridized carbons (Fsp3) is 0.700. The van der Waals surface area contributed by atoms with Crippen LogP contribution in [0, 0.1) is 20.8 Å². The largest absolute Gasteiger partial charge is 0.507 e. The molecule has 0 unspecified atom stereocenters. The summed E-state index contributed by atoms with van der Waals surface area (Å²) in [4.78, 5) is 2.62. The zero-order valence-corrected chi connectivity index (χ0v) is 15.2. The quantitative estimate of drug-likeness (QED) is 0.875. The standard InChI is InChI=1S/C20H30N2O2/c1-13-8-18(19(23)15(3)14(13)2)16-4-6-22(7-5-16)17-9-20(24-10-17)11-21-12-20/h8,16-17,21,23H,4-7,9-12H2,1-3H3/t17-/m0/s1. The zero-order chi connectivity index (χ0) is 16.9. The average molecular weight is 330 g/mol. The third-order valence-corrected chi connectivity index (χ3v) is 6.72. The molecule has 0 amide bonds. The van der Waals surface area contributed by atoms with Gasteiger partial charge < -0.3 is 15.2 Å². The molecular formula is C20H30N2O2. The number of benzene rings is 1. The Morgan fingerprint density at radius 3 is 2.46 bits per heavy atom. The molecule has 1 atom stereocenters. The fourth-order valence-electron chi connectivity index (χ4n) is 4.69. The minimum Gasteiger partial charge on any atom is -0.507 e. The van der Waals surface area contributed by atoms with E-state index in [1.54, 1.807) is 0 Å². The molecule has 3 heterocycles. The molecule has 0 saturated carbocycles. The first-order valence-electron chi connectivity index (χ1n) is 9.37. The van der Waals surface area contributed by atoms with Gasteiger partial charge in [-0.15, -0.1) is 0 Å². The fourth-order valence-corrected chi connectivity index (χ4v) is 4.69. The predicted molar refractivity (Wildman–Crippen MR) is 95.8 cm³/mol. The molecule has 3 aliphatic heterocycles. The Kier molecular flexibility index (Phi) is 4.10. The number of ether oxygens (including phenoxy) is 1. The first kappa shape index (κ1) is 16.4. The number of phenolic OH excluding ortho intramolecular Hbond substituents is 1. The van der Waals surface area contributed by atoms with Gasteiger partial charge in [0.2, 0.25) is 0 Å². The molecule has 0 aromatic heterocycles. The molecule has 1 aromatic rings. The lowest BCUT2D eigenvalue weighted by Crippen LogP contribution is -2.59. The number of rotatable bonds is 2. The molecule has 1 aromatic carbocycles. The number of nitrogens with zero attached hydrogens (tertiary/aromatic N) is 1. The van der Waals surface area contributed by atoms with E-state index in [0.717, 1.165) is 56.8 Å². The topological polar surface area (TPSA) is 44.7 Å². The Morgan fingerprint density at radius 1 is 1.17 bits per heavy atom. The van der Waals surface area contributed by atoms with Crippen molar-refractivity contribution in [3.63, 3.8) is 0 Å². The van der Waals surface area contributed by atoms with Crippen molar-refractivity contribution in [3.05, 3.63) is 28.3 Å². The third-order valence-electron chi connectivity index (χ3n) is 6.72. The van der Waals surface area contributed by atoms with Crippen LogP contribution in [0.1, 0.15) is 47.4 Å². The maximum absolute atomic E-state index is 10.6. The Morgan fingerprint density at radius 2 is 1.88 bits per heavy atom. The lowest BCUT2D eigenvalue weighted by atomic mass is 9.84. The minimum absolute atomic E-state index is 0.144. The second-order valence-corrected chi connectivity index (χ2v) is 8.15. The highest BCUT2D eigenvalue weighted by Gasteiger charge is 2.47. The number of hydrogen-bond donors (Lipinski definition) is 2. The van der Waals surface area contributed by atoms with Gasteiger partial charge in [0.15, 0.2) is 0 Å². The predicted octanol–water partition coefficient (Wildman–Crippen LogP) is 2.63. The van der Waals surface area contributed by atoms with E-state index in [0.29, 0.717) is 17.7 Å². The molecule has 4 heteroatoms. The van der Waals surface area contributed by atoms with Gasteiger partial charge in [0.1, 0.15) is 5.75 Å². The van der Waals surface area contributed by atoms with Crippen molar-refractivity contribution >= 4 is 0 Å². The molecule has 3 fully saturated rings. The normalized spacial score (nSPS) is 27.5. The summed E-state index contributed by atoms with van der Waals surface area (Å²) in [5.41, 5.74) is 4.88. The molecule has 2 N–H and O–H groups in total. The Balaban J connectivity index is 1.42. The van der Waals surface area contributed by atoms with Gasteiger partial charge in [-0.05, 0) is 81.3 Å². The van der Waals surface area contributed by atoms with Crippen LogP contribution >= 0.6 is 0 Å². The van der Waals surface area contributed by atoms with Crippen LogP contribution in [0.25, 0.3) is 0 Å². The first-order chi connectivity index (χ1) is 11.5. The van der Waals surface area contributed by atoms with E-state index in [4.69, 9.17) is 4.74 Å². The first-order valence-corrected chi connectivity index (χ1v) is 9.37. The summed E-state index contributed by atoms with van der Waals surface area (Å²) in [7, 11) is 0. The lowest BCUT2D eigenvalue weighted by molar-refractivity contribution is -0.0367. The molecule has 132 valence electrons. The smallest absolute Gasteiger partial charge is 0.122 e. The van der Waals surface area contributed by atoms with Crippen LogP contribution in [0.5, 0.6) is 5.75 Å². The molecule has 3 saturated heterocycles. The second-order valence-electron chi connectivity index (χ2n) is 8.15. The molecule has 0 bridgehead atoms. The van der Waals surface area contributed by atoms with E-state index in [9.17, 15) is 5.11 Å². The van der Waals surface area contributed by atoms with Gasteiger partial charge in [-0.2, -0.15) is 0 Å². The van der Waals surface area contributed by atoms with Crippen LogP contribution in [-0.2, 0) is 4.74 Å². The number of aromatic hydroxyl groups is 1. The molecular weight excluding hydrogens is 300 g/mol. The summed E-state index contributed by atoms with van der Waals surface area (Å²) in [6.45, 7) is 11.5. The van der Waals surface area contributed by atoms with Gasteiger partial charge >= 0.3 is 0 Å².